The quantitative estimate of drug-likeness (QED) is 0.597. The molecule has 17 heavy (non-hydrogen) atoms. The summed E-state index contributed by atoms with van der Waals surface area (Å²) in [5.74, 6) is 1.50. The summed E-state index contributed by atoms with van der Waals surface area (Å²) in [4.78, 5) is 0. The molecule has 94 valence electrons. The van der Waals surface area contributed by atoms with Crippen LogP contribution in [0.15, 0.2) is 24.3 Å². The lowest BCUT2D eigenvalue weighted by Gasteiger charge is -2.18. The van der Waals surface area contributed by atoms with Crippen molar-refractivity contribution in [2.75, 3.05) is 0 Å². The molecule has 2 atom stereocenters. The molecule has 0 nitrogen and oxygen atoms in total. The van der Waals surface area contributed by atoms with Crippen LogP contribution in [0.3, 0.4) is 0 Å². The van der Waals surface area contributed by atoms with Crippen LogP contribution in [0.5, 0.6) is 0 Å². The van der Waals surface area contributed by atoms with Gasteiger partial charge in [-0.25, -0.2) is 0 Å². The second-order valence-corrected chi connectivity index (χ2v) is 5.91. The highest BCUT2D eigenvalue weighted by atomic mass is 35.5. The molecule has 0 aliphatic heterocycles. The van der Waals surface area contributed by atoms with Gasteiger partial charge in [-0.3, -0.25) is 0 Å². The Morgan fingerprint density at radius 3 is 2.41 bits per heavy atom. The van der Waals surface area contributed by atoms with Crippen molar-refractivity contribution in [3.05, 3.63) is 35.4 Å². The number of hydrogen-bond donors (Lipinski definition) is 0. The summed E-state index contributed by atoms with van der Waals surface area (Å²) in [6, 6.07) is 8.95. The van der Waals surface area contributed by atoms with Crippen LogP contribution in [0, 0.1) is 11.8 Å². The molecule has 2 unspecified atom stereocenters. The van der Waals surface area contributed by atoms with Crippen LogP contribution in [-0.4, -0.2) is 0 Å². The first-order chi connectivity index (χ1) is 8.22. The predicted octanol–water partition coefficient (Wildman–Crippen LogP) is 5.36. The zero-order chi connectivity index (χ0) is 12.3. The second-order valence-electron chi connectivity index (χ2n) is 5.44. The summed E-state index contributed by atoms with van der Waals surface area (Å²) in [7, 11) is 0. The van der Waals surface area contributed by atoms with E-state index in [-0.39, 0.29) is 5.38 Å². The minimum atomic E-state index is 0.197. The van der Waals surface area contributed by atoms with Crippen LogP contribution in [0.1, 0.15) is 56.0 Å². The van der Waals surface area contributed by atoms with Crippen LogP contribution < -0.4 is 0 Å². The maximum Gasteiger partial charge on any atom is 0.0613 e. The molecule has 1 aliphatic rings. The van der Waals surface area contributed by atoms with E-state index in [4.69, 9.17) is 11.6 Å². The van der Waals surface area contributed by atoms with Crippen molar-refractivity contribution in [3.63, 3.8) is 0 Å². The van der Waals surface area contributed by atoms with Crippen molar-refractivity contribution >= 4 is 11.6 Å². The van der Waals surface area contributed by atoms with E-state index in [1.54, 1.807) is 0 Å². The van der Waals surface area contributed by atoms with Gasteiger partial charge in [-0.05, 0) is 48.6 Å². The highest BCUT2D eigenvalue weighted by Crippen LogP contribution is 2.45. The topological polar surface area (TPSA) is 0 Å². The number of benzene rings is 1. The van der Waals surface area contributed by atoms with Gasteiger partial charge < -0.3 is 0 Å². The van der Waals surface area contributed by atoms with Gasteiger partial charge in [0.05, 0.1) is 5.38 Å². The lowest BCUT2D eigenvalue weighted by atomic mass is 9.95. The molecule has 1 aromatic carbocycles. The molecule has 0 spiro atoms. The van der Waals surface area contributed by atoms with Crippen molar-refractivity contribution in [2.24, 2.45) is 11.8 Å². The van der Waals surface area contributed by atoms with Crippen LogP contribution in [0.25, 0.3) is 0 Å². The van der Waals surface area contributed by atoms with Crippen LogP contribution in [-0.2, 0) is 6.42 Å². The normalized spacial score (nSPS) is 19.0. The molecule has 0 bridgehead atoms. The monoisotopic (exact) mass is 250 g/mol. The van der Waals surface area contributed by atoms with Gasteiger partial charge in [0.2, 0.25) is 0 Å². The Kier molecular flexibility index (Phi) is 4.50. The fourth-order valence-electron chi connectivity index (χ4n) is 2.41. The zero-order valence-corrected chi connectivity index (χ0v) is 11.7. The zero-order valence-electron chi connectivity index (χ0n) is 11.0. The minimum absolute atomic E-state index is 0.197. The van der Waals surface area contributed by atoms with Gasteiger partial charge in [-0.2, -0.15) is 0 Å². The largest absolute Gasteiger partial charge is 0.118 e. The summed E-state index contributed by atoms with van der Waals surface area (Å²) < 4.78 is 0. The number of hydrogen-bond acceptors (Lipinski definition) is 0. The number of alkyl halides is 1. The molecule has 0 radical (unpaired) electrons. The summed E-state index contributed by atoms with van der Waals surface area (Å²) >= 11 is 6.55. The molecule has 0 saturated heterocycles. The van der Waals surface area contributed by atoms with Gasteiger partial charge in [-0.1, -0.05) is 44.5 Å². The molecule has 0 heterocycles. The molecule has 1 fully saturated rings. The van der Waals surface area contributed by atoms with E-state index < -0.39 is 0 Å². The van der Waals surface area contributed by atoms with Gasteiger partial charge in [-0.15, -0.1) is 11.6 Å². The van der Waals surface area contributed by atoms with Crippen molar-refractivity contribution in [2.45, 2.75) is 51.3 Å². The maximum absolute atomic E-state index is 6.55. The third kappa shape index (κ3) is 3.48. The summed E-state index contributed by atoms with van der Waals surface area (Å²) in [5.41, 5.74) is 2.74. The number of aryl methyl sites for hydroxylation is 1. The van der Waals surface area contributed by atoms with Gasteiger partial charge in [0, 0.05) is 0 Å². The molecule has 1 aromatic rings. The van der Waals surface area contributed by atoms with Gasteiger partial charge >= 0.3 is 0 Å². The van der Waals surface area contributed by atoms with E-state index in [0.29, 0.717) is 5.92 Å². The fourth-order valence-corrected chi connectivity index (χ4v) is 2.76. The molecule has 1 aliphatic carbocycles. The molecule has 1 heteroatoms. The molecule has 0 N–H and O–H groups in total. The molecular weight excluding hydrogens is 228 g/mol. The molecular formula is C16H23Cl. The van der Waals surface area contributed by atoms with E-state index in [2.05, 4.69) is 38.1 Å². The Labute approximate surface area is 110 Å². The number of rotatable bonds is 6. The van der Waals surface area contributed by atoms with Gasteiger partial charge in [0.1, 0.15) is 0 Å². The standard InChI is InChI=1S/C16H23Cl/c1-3-4-5-13-6-8-15(9-7-13)16(17)12(2)14-10-11-14/h6-9,12,14,16H,3-5,10-11H2,1-2H3. The first-order valence-corrected chi connectivity index (χ1v) is 7.39. The van der Waals surface area contributed by atoms with E-state index in [1.807, 2.05) is 0 Å². The Morgan fingerprint density at radius 2 is 1.88 bits per heavy atom. The van der Waals surface area contributed by atoms with E-state index in [1.165, 1.54) is 43.2 Å². The Bertz CT molecular complexity index is 337. The summed E-state index contributed by atoms with van der Waals surface area (Å²) in [6.07, 6.45) is 6.49. The average Bonchev–Trinajstić information content (AvgIpc) is 3.19. The summed E-state index contributed by atoms with van der Waals surface area (Å²) in [6.45, 7) is 4.53. The first kappa shape index (κ1) is 13.0. The molecule has 0 amide bonds. The average molecular weight is 251 g/mol. The number of unbranched alkanes of at least 4 members (excludes halogenated alkanes) is 1. The smallest absolute Gasteiger partial charge is 0.0613 e. The third-order valence-corrected chi connectivity index (χ3v) is 4.59. The van der Waals surface area contributed by atoms with Gasteiger partial charge in [0.15, 0.2) is 0 Å². The highest BCUT2D eigenvalue weighted by molar-refractivity contribution is 6.21. The van der Waals surface area contributed by atoms with E-state index in [9.17, 15) is 0 Å². The van der Waals surface area contributed by atoms with Crippen LogP contribution in [0.2, 0.25) is 0 Å². The van der Waals surface area contributed by atoms with E-state index in [0.717, 1.165) is 5.92 Å². The highest BCUT2D eigenvalue weighted by Gasteiger charge is 2.32. The predicted molar refractivity (Wildman–Crippen MR) is 75.5 cm³/mol. The van der Waals surface area contributed by atoms with Crippen molar-refractivity contribution < 1.29 is 0 Å². The lowest BCUT2D eigenvalue weighted by Crippen LogP contribution is -2.06. The lowest BCUT2D eigenvalue weighted by molar-refractivity contribution is 0.491. The van der Waals surface area contributed by atoms with Crippen molar-refractivity contribution in [1.29, 1.82) is 0 Å². The third-order valence-electron chi connectivity index (χ3n) is 3.94. The van der Waals surface area contributed by atoms with Gasteiger partial charge in [0.25, 0.3) is 0 Å². The Balaban J connectivity index is 1.96. The SMILES string of the molecule is CCCCc1ccc(C(Cl)C(C)C2CC2)cc1. The van der Waals surface area contributed by atoms with E-state index >= 15 is 0 Å². The van der Waals surface area contributed by atoms with Crippen molar-refractivity contribution in [1.82, 2.24) is 0 Å². The first-order valence-electron chi connectivity index (χ1n) is 6.95. The molecule has 1 saturated carbocycles. The maximum atomic E-state index is 6.55. The second kappa shape index (κ2) is 5.91. The minimum Gasteiger partial charge on any atom is -0.118 e. The van der Waals surface area contributed by atoms with Crippen LogP contribution in [0.4, 0.5) is 0 Å². The number of halogens is 1. The molecule has 0 aromatic heterocycles. The van der Waals surface area contributed by atoms with Crippen LogP contribution >= 0.6 is 11.6 Å². The molecule has 2 rings (SSSR count). The van der Waals surface area contributed by atoms with Crippen molar-refractivity contribution in [3.8, 4) is 0 Å². The Morgan fingerprint density at radius 1 is 1.24 bits per heavy atom. The Hall–Kier alpha value is -0.490. The fraction of sp³-hybridized carbons (Fsp3) is 0.625. The summed E-state index contributed by atoms with van der Waals surface area (Å²) in [5, 5.41) is 0.197.